The van der Waals surface area contributed by atoms with Crippen LogP contribution in [-0.4, -0.2) is 62.6 Å². The molecule has 5 heteroatoms. The molecule has 1 heterocycles. The van der Waals surface area contributed by atoms with Crippen molar-refractivity contribution in [2.45, 2.75) is 26.3 Å². The number of likely N-dealkylation sites (N-methyl/N-ethyl adjacent to an activating group) is 1. The van der Waals surface area contributed by atoms with Gasteiger partial charge in [-0.15, -0.1) is 0 Å². The topological polar surface area (TPSA) is 44.8 Å². The van der Waals surface area contributed by atoms with Crippen molar-refractivity contribution in [3.63, 3.8) is 0 Å². The third-order valence-electron chi connectivity index (χ3n) is 4.64. The van der Waals surface area contributed by atoms with Gasteiger partial charge in [-0.25, -0.2) is 0 Å². The summed E-state index contributed by atoms with van der Waals surface area (Å²) in [6.45, 7) is 8.84. The van der Waals surface area contributed by atoms with E-state index in [0.29, 0.717) is 12.5 Å². The lowest BCUT2D eigenvalue weighted by Gasteiger charge is -2.25. The highest BCUT2D eigenvalue weighted by Crippen LogP contribution is 2.23. The number of rotatable bonds is 6. The van der Waals surface area contributed by atoms with E-state index >= 15 is 0 Å². The van der Waals surface area contributed by atoms with Gasteiger partial charge in [-0.1, -0.05) is 26.0 Å². The molecule has 0 aliphatic carbocycles. The summed E-state index contributed by atoms with van der Waals surface area (Å²) in [5.74, 6) is 1.27. The minimum Gasteiger partial charge on any atom is -0.497 e. The Morgan fingerprint density at radius 1 is 1.17 bits per heavy atom. The third kappa shape index (κ3) is 5.49. The third-order valence-corrected chi connectivity index (χ3v) is 4.64. The van der Waals surface area contributed by atoms with Crippen molar-refractivity contribution >= 4 is 5.91 Å². The van der Waals surface area contributed by atoms with Crippen LogP contribution >= 0.6 is 0 Å². The second kappa shape index (κ2) is 9.04. The number of methoxy groups -OCH3 is 1. The molecule has 2 rings (SSSR count). The van der Waals surface area contributed by atoms with Crippen LogP contribution < -0.4 is 10.1 Å². The minimum absolute atomic E-state index is 0.0260. The summed E-state index contributed by atoms with van der Waals surface area (Å²) in [5.41, 5.74) is 1.12. The number of nitrogens with zero attached hydrogens (tertiary/aromatic N) is 2. The lowest BCUT2D eigenvalue weighted by atomic mass is 9.96. The fourth-order valence-corrected chi connectivity index (χ4v) is 3.13. The summed E-state index contributed by atoms with van der Waals surface area (Å²) in [7, 11) is 3.80. The highest BCUT2D eigenvalue weighted by molar-refractivity contribution is 5.78. The predicted molar refractivity (Wildman–Crippen MR) is 97.3 cm³/mol. The van der Waals surface area contributed by atoms with Gasteiger partial charge in [-0.3, -0.25) is 9.69 Å². The van der Waals surface area contributed by atoms with Gasteiger partial charge < -0.3 is 15.0 Å². The van der Waals surface area contributed by atoms with Crippen LogP contribution in [-0.2, 0) is 4.79 Å². The van der Waals surface area contributed by atoms with Crippen molar-refractivity contribution in [2.75, 3.05) is 46.9 Å². The Morgan fingerprint density at radius 2 is 1.88 bits per heavy atom. The van der Waals surface area contributed by atoms with Crippen LogP contribution in [0.15, 0.2) is 24.3 Å². The molecule has 1 atom stereocenters. The molecule has 1 fully saturated rings. The maximum absolute atomic E-state index is 12.5. The fourth-order valence-electron chi connectivity index (χ4n) is 3.13. The minimum atomic E-state index is 0.0260. The van der Waals surface area contributed by atoms with E-state index in [1.165, 1.54) is 0 Å². The summed E-state index contributed by atoms with van der Waals surface area (Å²) in [4.78, 5) is 17.1. The molecular weight excluding hydrogens is 302 g/mol. The zero-order chi connectivity index (χ0) is 17.5. The summed E-state index contributed by atoms with van der Waals surface area (Å²) < 4.78 is 5.21. The van der Waals surface area contributed by atoms with Gasteiger partial charge in [0.2, 0.25) is 5.91 Å². The Kier molecular flexibility index (Phi) is 7.06. The molecule has 0 radical (unpaired) electrons. The molecule has 1 aromatic carbocycles. The maximum atomic E-state index is 12.5. The lowest BCUT2D eigenvalue weighted by Crippen LogP contribution is -2.41. The smallest absolute Gasteiger partial charge is 0.234 e. The van der Waals surface area contributed by atoms with Crippen LogP contribution in [0.1, 0.15) is 31.9 Å². The number of amides is 1. The van der Waals surface area contributed by atoms with E-state index in [2.05, 4.69) is 36.0 Å². The van der Waals surface area contributed by atoms with Crippen LogP contribution in [0, 0.1) is 5.92 Å². The maximum Gasteiger partial charge on any atom is 0.234 e. The number of hydrogen-bond acceptors (Lipinski definition) is 4. The van der Waals surface area contributed by atoms with Gasteiger partial charge in [0.05, 0.1) is 19.7 Å². The SMILES string of the molecule is COc1ccc([C@@H](NC(=O)CN2CCCN(C)CC2)C(C)C)cc1. The van der Waals surface area contributed by atoms with E-state index < -0.39 is 0 Å². The highest BCUT2D eigenvalue weighted by atomic mass is 16.5. The molecule has 0 aromatic heterocycles. The normalized spacial score (nSPS) is 18.2. The van der Waals surface area contributed by atoms with Gasteiger partial charge in [0, 0.05) is 13.1 Å². The van der Waals surface area contributed by atoms with Gasteiger partial charge in [0.25, 0.3) is 0 Å². The number of carbonyl (C=O) groups excluding carboxylic acids is 1. The second-order valence-corrected chi connectivity index (χ2v) is 7.00. The number of ether oxygens (including phenoxy) is 1. The van der Waals surface area contributed by atoms with Crippen LogP contribution in [0.4, 0.5) is 0 Å². The molecule has 134 valence electrons. The quantitative estimate of drug-likeness (QED) is 0.866. The number of benzene rings is 1. The average molecular weight is 333 g/mol. The molecule has 1 aliphatic rings. The van der Waals surface area contributed by atoms with Gasteiger partial charge in [-0.2, -0.15) is 0 Å². The predicted octanol–water partition coefficient (Wildman–Crippen LogP) is 2.15. The lowest BCUT2D eigenvalue weighted by molar-refractivity contribution is -0.123. The monoisotopic (exact) mass is 333 g/mol. The first-order valence-corrected chi connectivity index (χ1v) is 8.84. The van der Waals surface area contributed by atoms with Crippen molar-refractivity contribution in [2.24, 2.45) is 5.92 Å². The van der Waals surface area contributed by atoms with E-state index in [9.17, 15) is 4.79 Å². The summed E-state index contributed by atoms with van der Waals surface area (Å²) in [6, 6.07) is 7.98. The molecule has 0 saturated carbocycles. The van der Waals surface area contributed by atoms with Crippen LogP contribution in [0.25, 0.3) is 0 Å². The van der Waals surface area contributed by atoms with Crippen molar-refractivity contribution < 1.29 is 9.53 Å². The second-order valence-electron chi connectivity index (χ2n) is 7.00. The molecule has 1 saturated heterocycles. The van der Waals surface area contributed by atoms with Crippen LogP contribution in [0.5, 0.6) is 5.75 Å². The first kappa shape index (κ1) is 18.7. The molecule has 0 bridgehead atoms. The first-order valence-electron chi connectivity index (χ1n) is 8.84. The summed E-state index contributed by atoms with van der Waals surface area (Å²) in [6.07, 6.45) is 1.12. The number of carbonyl (C=O) groups is 1. The van der Waals surface area contributed by atoms with Crippen molar-refractivity contribution in [3.8, 4) is 5.75 Å². The molecule has 1 N–H and O–H groups in total. The number of nitrogens with one attached hydrogen (secondary N) is 1. The molecular formula is C19H31N3O2. The fraction of sp³-hybridized carbons (Fsp3) is 0.632. The van der Waals surface area contributed by atoms with Gasteiger partial charge in [0.1, 0.15) is 5.75 Å². The van der Waals surface area contributed by atoms with Crippen LogP contribution in [0.2, 0.25) is 0 Å². The van der Waals surface area contributed by atoms with E-state index in [1.54, 1.807) is 7.11 Å². The first-order chi connectivity index (χ1) is 11.5. The van der Waals surface area contributed by atoms with Gasteiger partial charge in [0.15, 0.2) is 0 Å². The molecule has 1 aliphatic heterocycles. The van der Waals surface area contributed by atoms with Gasteiger partial charge in [-0.05, 0) is 50.2 Å². The standard InChI is InChI=1S/C19H31N3O2/c1-15(2)19(16-6-8-17(24-4)9-7-16)20-18(23)14-22-11-5-10-21(3)12-13-22/h6-9,15,19H,5,10-14H2,1-4H3,(H,20,23)/t19-/m0/s1. The Hall–Kier alpha value is -1.59. The Labute approximate surface area is 146 Å². The molecule has 5 nitrogen and oxygen atoms in total. The van der Waals surface area contributed by atoms with E-state index in [-0.39, 0.29) is 11.9 Å². The molecule has 24 heavy (non-hydrogen) atoms. The zero-order valence-corrected chi connectivity index (χ0v) is 15.4. The van der Waals surface area contributed by atoms with E-state index in [0.717, 1.165) is 43.9 Å². The summed E-state index contributed by atoms with van der Waals surface area (Å²) in [5, 5.41) is 3.21. The van der Waals surface area contributed by atoms with Crippen LogP contribution in [0.3, 0.4) is 0 Å². The van der Waals surface area contributed by atoms with Crippen molar-refractivity contribution in [3.05, 3.63) is 29.8 Å². The average Bonchev–Trinajstić information content (AvgIpc) is 2.77. The van der Waals surface area contributed by atoms with Crippen molar-refractivity contribution in [1.29, 1.82) is 0 Å². The Balaban J connectivity index is 1.95. The largest absolute Gasteiger partial charge is 0.497 e. The summed E-state index contributed by atoms with van der Waals surface area (Å²) >= 11 is 0. The Morgan fingerprint density at radius 3 is 2.50 bits per heavy atom. The van der Waals surface area contributed by atoms with E-state index in [4.69, 9.17) is 4.74 Å². The zero-order valence-electron chi connectivity index (χ0n) is 15.4. The molecule has 1 amide bonds. The van der Waals surface area contributed by atoms with E-state index in [1.807, 2.05) is 24.3 Å². The highest BCUT2D eigenvalue weighted by Gasteiger charge is 2.21. The molecule has 0 unspecified atom stereocenters. The Bertz CT molecular complexity index is 516. The van der Waals surface area contributed by atoms with Gasteiger partial charge >= 0.3 is 0 Å². The van der Waals surface area contributed by atoms with Crippen molar-refractivity contribution in [1.82, 2.24) is 15.1 Å². The number of hydrogen-bond donors (Lipinski definition) is 1. The molecule has 1 aromatic rings. The molecule has 0 spiro atoms.